The number of urea groups is 1. The Morgan fingerprint density at radius 1 is 1.15 bits per heavy atom. The van der Waals surface area contributed by atoms with Crippen molar-refractivity contribution >= 4 is 34.3 Å². The van der Waals surface area contributed by atoms with Crippen molar-refractivity contribution in [2.24, 2.45) is 0 Å². The highest BCUT2D eigenvalue weighted by Crippen LogP contribution is 2.33. The number of thiazole rings is 1. The molecule has 4 amide bonds. The number of carbonyl (C=O) groups excluding carboxylic acids is 3. The van der Waals surface area contributed by atoms with Crippen molar-refractivity contribution in [2.45, 2.75) is 37.6 Å². The van der Waals surface area contributed by atoms with Crippen LogP contribution in [0, 0.1) is 0 Å². The largest absolute Gasteiger partial charge is 0.345 e. The standard InChI is InChI=1S/C17H23N5O3S/c23-13(20-7-9-21(10-8-20)16-18-6-11-26-16)12-22-14(24)17(19-15(22)25)4-2-1-3-5-17/h6,11H,1-5,7-10,12H2,(H,19,25). The molecule has 3 fully saturated rings. The molecule has 1 saturated carbocycles. The highest BCUT2D eigenvalue weighted by atomic mass is 32.1. The molecule has 1 N–H and O–H groups in total. The fraction of sp³-hybridized carbons (Fsp3) is 0.647. The SMILES string of the molecule is O=C(CN1C(=O)NC2(CCCCC2)C1=O)N1CCN(c2nccs2)CC1. The van der Waals surface area contributed by atoms with E-state index in [2.05, 4.69) is 15.2 Å². The first kappa shape index (κ1) is 17.3. The zero-order chi connectivity index (χ0) is 18.1. The molecule has 1 aromatic heterocycles. The minimum absolute atomic E-state index is 0.163. The highest BCUT2D eigenvalue weighted by Gasteiger charge is 2.51. The van der Waals surface area contributed by atoms with Crippen LogP contribution in [0.1, 0.15) is 32.1 Å². The minimum atomic E-state index is -0.765. The van der Waals surface area contributed by atoms with E-state index in [0.29, 0.717) is 39.0 Å². The van der Waals surface area contributed by atoms with E-state index < -0.39 is 11.6 Å². The number of hydrogen-bond acceptors (Lipinski definition) is 6. The number of piperazine rings is 1. The molecule has 0 bridgehead atoms. The average molecular weight is 377 g/mol. The van der Waals surface area contributed by atoms with E-state index in [-0.39, 0.29) is 18.4 Å². The number of anilines is 1. The number of amides is 4. The second kappa shape index (κ2) is 6.86. The van der Waals surface area contributed by atoms with Crippen LogP contribution in [-0.4, -0.2) is 70.9 Å². The Morgan fingerprint density at radius 3 is 2.54 bits per heavy atom. The molecule has 1 spiro atoms. The van der Waals surface area contributed by atoms with Crippen molar-refractivity contribution in [3.8, 4) is 0 Å². The number of aromatic nitrogens is 1. The van der Waals surface area contributed by atoms with E-state index in [1.54, 1.807) is 22.4 Å². The molecular weight excluding hydrogens is 354 g/mol. The van der Waals surface area contributed by atoms with E-state index >= 15 is 0 Å². The summed E-state index contributed by atoms with van der Waals surface area (Å²) in [6, 6.07) is -0.424. The summed E-state index contributed by atoms with van der Waals surface area (Å²) in [5, 5.41) is 5.75. The Labute approximate surface area is 156 Å². The third-order valence-electron chi connectivity index (χ3n) is 5.57. The van der Waals surface area contributed by atoms with E-state index in [0.717, 1.165) is 29.3 Å². The average Bonchev–Trinajstić information content (AvgIpc) is 3.27. The van der Waals surface area contributed by atoms with Gasteiger partial charge in [-0.05, 0) is 12.8 Å². The summed E-state index contributed by atoms with van der Waals surface area (Å²) in [7, 11) is 0. The number of carbonyl (C=O) groups is 3. The van der Waals surface area contributed by atoms with Gasteiger partial charge in [-0.2, -0.15) is 0 Å². The van der Waals surface area contributed by atoms with Gasteiger partial charge in [-0.1, -0.05) is 19.3 Å². The second-order valence-corrected chi connectivity index (χ2v) is 8.02. The summed E-state index contributed by atoms with van der Waals surface area (Å²) in [5.74, 6) is -0.392. The smallest absolute Gasteiger partial charge is 0.325 e. The van der Waals surface area contributed by atoms with E-state index in [1.807, 2.05) is 5.38 Å². The van der Waals surface area contributed by atoms with Crippen molar-refractivity contribution in [1.82, 2.24) is 20.1 Å². The van der Waals surface area contributed by atoms with Crippen molar-refractivity contribution in [1.29, 1.82) is 0 Å². The number of nitrogens with zero attached hydrogens (tertiary/aromatic N) is 4. The molecule has 3 aliphatic rings. The van der Waals surface area contributed by atoms with Crippen LogP contribution in [0.3, 0.4) is 0 Å². The quantitative estimate of drug-likeness (QED) is 0.796. The van der Waals surface area contributed by atoms with Gasteiger partial charge in [-0.25, -0.2) is 9.78 Å². The summed E-state index contributed by atoms with van der Waals surface area (Å²) in [6.07, 6.45) is 6.09. The number of imide groups is 1. The van der Waals surface area contributed by atoms with Crippen molar-refractivity contribution < 1.29 is 14.4 Å². The monoisotopic (exact) mass is 377 g/mol. The highest BCUT2D eigenvalue weighted by molar-refractivity contribution is 7.13. The van der Waals surface area contributed by atoms with E-state index in [1.165, 1.54) is 0 Å². The van der Waals surface area contributed by atoms with Crippen LogP contribution in [0.5, 0.6) is 0 Å². The molecule has 9 heteroatoms. The Bertz CT molecular complexity index is 693. The fourth-order valence-corrected chi connectivity index (χ4v) is 4.77. The lowest BCUT2D eigenvalue weighted by atomic mass is 9.82. The topological polar surface area (TPSA) is 85.8 Å². The predicted octanol–water partition coefficient (Wildman–Crippen LogP) is 1.05. The zero-order valence-electron chi connectivity index (χ0n) is 14.6. The van der Waals surface area contributed by atoms with Gasteiger partial charge in [-0.3, -0.25) is 14.5 Å². The van der Waals surface area contributed by atoms with Gasteiger partial charge >= 0.3 is 6.03 Å². The van der Waals surface area contributed by atoms with Gasteiger partial charge < -0.3 is 15.1 Å². The van der Waals surface area contributed by atoms with Crippen LogP contribution >= 0.6 is 11.3 Å². The lowest BCUT2D eigenvalue weighted by Gasteiger charge is -2.35. The minimum Gasteiger partial charge on any atom is -0.345 e. The van der Waals surface area contributed by atoms with Gasteiger partial charge in [0.25, 0.3) is 5.91 Å². The van der Waals surface area contributed by atoms with Crippen molar-refractivity contribution in [3.63, 3.8) is 0 Å². The van der Waals surface area contributed by atoms with Gasteiger partial charge in [0, 0.05) is 37.8 Å². The predicted molar refractivity (Wildman–Crippen MR) is 97.0 cm³/mol. The molecule has 0 radical (unpaired) electrons. The van der Waals surface area contributed by atoms with E-state index in [9.17, 15) is 14.4 Å². The first-order valence-electron chi connectivity index (χ1n) is 9.15. The number of rotatable bonds is 3. The maximum absolute atomic E-state index is 12.8. The molecule has 140 valence electrons. The van der Waals surface area contributed by atoms with E-state index in [4.69, 9.17) is 0 Å². The maximum atomic E-state index is 12.8. The number of nitrogens with one attached hydrogen (secondary N) is 1. The zero-order valence-corrected chi connectivity index (χ0v) is 15.5. The molecule has 0 unspecified atom stereocenters. The van der Waals surface area contributed by atoms with Crippen LogP contribution in [0.15, 0.2) is 11.6 Å². The molecule has 4 rings (SSSR count). The first-order valence-corrected chi connectivity index (χ1v) is 10.0. The summed E-state index contributed by atoms with van der Waals surface area (Å²) >= 11 is 1.58. The van der Waals surface area contributed by atoms with Gasteiger partial charge in [0.1, 0.15) is 12.1 Å². The van der Waals surface area contributed by atoms with Crippen LogP contribution in [-0.2, 0) is 9.59 Å². The summed E-state index contributed by atoms with van der Waals surface area (Å²) in [6.45, 7) is 2.41. The molecule has 2 saturated heterocycles. The molecule has 0 atom stereocenters. The third-order valence-corrected chi connectivity index (χ3v) is 6.40. The first-order chi connectivity index (χ1) is 12.6. The fourth-order valence-electron chi connectivity index (χ4n) is 4.07. The summed E-state index contributed by atoms with van der Waals surface area (Å²) in [4.78, 5) is 47.0. The summed E-state index contributed by atoms with van der Waals surface area (Å²) in [5.41, 5.74) is -0.765. The Morgan fingerprint density at radius 2 is 1.88 bits per heavy atom. The normalized spacial score (nSPS) is 22.8. The molecular formula is C17H23N5O3S. The molecule has 3 heterocycles. The lowest BCUT2D eigenvalue weighted by molar-refractivity contribution is -0.139. The molecule has 26 heavy (non-hydrogen) atoms. The van der Waals surface area contributed by atoms with Crippen LogP contribution in [0.25, 0.3) is 0 Å². The molecule has 8 nitrogen and oxygen atoms in total. The van der Waals surface area contributed by atoms with Gasteiger partial charge in [0.05, 0.1) is 0 Å². The molecule has 0 aromatic carbocycles. The van der Waals surface area contributed by atoms with Gasteiger partial charge in [0.2, 0.25) is 5.91 Å². The number of hydrogen-bond donors (Lipinski definition) is 1. The molecule has 1 aliphatic carbocycles. The second-order valence-electron chi connectivity index (χ2n) is 7.15. The Hall–Kier alpha value is -2.16. The van der Waals surface area contributed by atoms with Crippen LogP contribution < -0.4 is 10.2 Å². The van der Waals surface area contributed by atoms with Crippen molar-refractivity contribution in [3.05, 3.63) is 11.6 Å². The Balaban J connectivity index is 1.35. The Kier molecular flexibility index (Phi) is 4.56. The van der Waals surface area contributed by atoms with Gasteiger partial charge in [-0.15, -0.1) is 11.3 Å². The molecule has 1 aromatic rings. The van der Waals surface area contributed by atoms with Crippen LogP contribution in [0.2, 0.25) is 0 Å². The summed E-state index contributed by atoms with van der Waals surface area (Å²) < 4.78 is 0. The molecule has 2 aliphatic heterocycles. The van der Waals surface area contributed by atoms with Crippen molar-refractivity contribution in [2.75, 3.05) is 37.6 Å². The lowest BCUT2D eigenvalue weighted by Crippen LogP contribution is -2.52. The van der Waals surface area contributed by atoms with Gasteiger partial charge in [0.15, 0.2) is 5.13 Å². The maximum Gasteiger partial charge on any atom is 0.325 e. The van der Waals surface area contributed by atoms with Crippen LogP contribution in [0.4, 0.5) is 9.93 Å². The third kappa shape index (κ3) is 3.04.